The predicted molar refractivity (Wildman–Crippen MR) is 87.9 cm³/mol. The van der Waals surface area contributed by atoms with Gasteiger partial charge in [0.05, 0.1) is 18.8 Å². The Morgan fingerprint density at radius 1 is 1.09 bits per heavy atom. The highest BCUT2D eigenvalue weighted by Crippen LogP contribution is 2.25. The standard InChI is InChI=1S/C17H30N4O/c1-14-17(15(2)21(18-14)11-12-22)13-19-7-9-20(10-8-19)16-5-3-4-6-16/h16,22H,3-13H2,1-2H3. The predicted octanol–water partition coefficient (Wildman–Crippen LogP) is 1.55. The summed E-state index contributed by atoms with van der Waals surface area (Å²) in [6.07, 6.45) is 5.67. The van der Waals surface area contributed by atoms with Crippen molar-refractivity contribution < 1.29 is 5.11 Å². The number of aliphatic hydroxyl groups excluding tert-OH is 1. The molecule has 0 bridgehead atoms. The summed E-state index contributed by atoms with van der Waals surface area (Å²) in [4.78, 5) is 5.27. The second-order valence-corrected chi connectivity index (χ2v) is 6.85. The quantitative estimate of drug-likeness (QED) is 0.896. The third kappa shape index (κ3) is 3.36. The Morgan fingerprint density at radius 2 is 1.77 bits per heavy atom. The van der Waals surface area contributed by atoms with Crippen LogP contribution in [0.25, 0.3) is 0 Å². The average molecular weight is 306 g/mol. The molecule has 2 heterocycles. The summed E-state index contributed by atoms with van der Waals surface area (Å²) in [6, 6.07) is 0.859. The van der Waals surface area contributed by atoms with Gasteiger partial charge in [0.15, 0.2) is 0 Å². The molecule has 0 aromatic carbocycles. The lowest BCUT2D eigenvalue weighted by molar-refractivity contribution is 0.0934. The van der Waals surface area contributed by atoms with Crippen molar-refractivity contribution in [3.05, 3.63) is 17.0 Å². The lowest BCUT2D eigenvalue weighted by atomic mass is 10.1. The first-order valence-electron chi connectivity index (χ1n) is 8.79. The SMILES string of the molecule is Cc1nn(CCO)c(C)c1CN1CCN(C2CCCC2)CC1. The maximum absolute atomic E-state index is 9.12. The first-order chi connectivity index (χ1) is 10.7. The van der Waals surface area contributed by atoms with Gasteiger partial charge in [0.1, 0.15) is 0 Å². The first-order valence-corrected chi connectivity index (χ1v) is 8.79. The Bertz CT molecular complexity index is 485. The highest BCUT2D eigenvalue weighted by molar-refractivity contribution is 5.24. The molecule has 1 aliphatic carbocycles. The van der Waals surface area contributed by atoms with E-state index in [0.29, 0.717) is 6.54 Å². The zero-order valence-corrected chi connectivity index (χ0v) is 14.1. The Labute approximate surface area is 133 Å². The molecule has 0 radical (unpaired) electrons. The second-order valence-electron chi connectivity index (χ2n) is 6.85. The number of aryl methyl sites for hydroxylation is 1. The van der Waals surface area contributed by atoms with E-state index in [1.54, 1.807) is 0 Å². The lowest BCUT2D eigenvalue weighted by Crippen LogP contribution is -2.49. The van der Waals surface area contributed by atoms with Gasteiger partial charge in [-0.25, -0.2) is 0 Å². The third-order valence-corrected chi connectivity index (χ3v) is 5.47. The monoisotopic (exact) mass is 306 g/mol. The van der Waals surface area contributed by atoms with E-state index in [0.717, 1.165) is 18.3 Å². The molecule has 1 saturated heterocycles. The number of rotatable bonds is 5. The summed E-state index contributed by atoms with van der Waals surface area (Å²) in [5, 5.41) is 13.7. The van der Waals surface area contributed by atoms with E-state index in [9.17, 15) is 0 Å². The number of aromatic nitrogens is 2. The third-order valence-electron chi connectivity index (χ3n) is 5.47. The molecule has 2 fully saturated rings. The van der Waals surface area contributed by atoms with Gasteiger partial charge in [0, 0.05) is 50.0 Å². The molecular formula is C17H30N4O. The Kier molecular flexibility index (Phi) is 5.16. The van der Waals surface area contributed by atoms with Crippen LogP contribution in [0.5, 0.6) is 0 Å². The summed E-state index contributed by atoms with van der Waals surface area (Å²) in [7, 11) is 0. The van der Waals surface area contributed by atoms with Gasteiger partial charge in [-0.1, -0.05) is 12.8 Å². The fourth-order valence-electron chi connectivity index (χ4n) is 4.05. The largest absolute Gasteiger partial charge is 0.394 e. The van der Waals surface area contributed by atoms with Crippen LogP contribution >= 0.6 is 0 Å². The number of hydrogen-bond acceptors (Lipinski definition) is 4. The molecule has 2 aliphatic rings. The van der Waals surface area contributed by atoms with Crippen molar-refractivity contribution in [1.29, 1.82) is 0 Å². The summed E-state index contributed by atoms with van der Waals surface area (Å²) in [5.41, 5.74) is 3.68. The van der Waals surface area contributed by atoms with Gasteiger partial charge in [-0.3, -0.25) is 14.5 Å². The van der Waals surface area contributed by atoms with E-state index in [1.165, 1.54) is 63.1 Å². The van der Waals surface area contributed by atoms with Gasteiger partial charge >= 0.3 is 0 Å². The molecule has 1 aliphatic heterocycles. The molecule has 1 saturated carbocycles. The highest BCUT2D eigenvalue weighted by Gasteiger charge is 2.26. The minimum Gasteiger partial charge on any atom is -0.394 e. The molecule has 5 heteroatoms. The van der Waals surface area contributed by atoms with Crippen molar-refractivity contribution in [3.63, 3.8) is 0 Å². The minimum absolute atomic E-state index is 0.154. The fourth-order valence-corrected chi connectivity index (χ4v) is 4.05. The molecule has 1 aromatic heterocycles. The minimum atomic E-state index is 0.154. The molecule has 0 atom stereocenters. The van der Waals surface area contributed by atoms with Crippen molar-refractivity contribution >= 4 is 0 Å². The van der Waals surface area contributed by atoms with Crippen LogP contribution < -0.4 is 0 Å². The van der Waals surface area contributed by atoms with E-state index < -0.39 is 0 Å². The fraction of sp³-hybridized carbons (Fsp3) is 0.824. The molecule has 0 spiro atoms. The summed E-state index contributed by atoms with van der Waals surface area (Å²) < 4.78 is 1.94. The smallest absolute Gasteiger partial charge is 0.0644 e. The van der Waals surface area contributed by atoms with Gasteiger partial charge in [-0.2, -0.15) is 5.10 Å². The summed E-state index contributed by atoms with van der Waals surface area (Å²) in [6.45, 7) is 10.7. The lowest BCUT2D eigenvalue weighted by Gasteiger charge is -2.38. The van der Waals surface area contributed by atoms with Gasteiger partial charge in [-0.15, -0.1) is 0 Å². The molecule has 124 valence electrons. The molecule has 22 heavy (non-hydrogen) atoms. The number of aliphatic hydroxyl groups is 1. The van der Waals surface area contributed by atoms with Crippen LogP contribution in [0.15, 0.2) is 0 Å². The maximum atomic E-state index is 9.12. The number of piperazine rings is 1. The van der Waals surface area contributed by atoms with Crippen molar-refractivity contribution in [2.75, 3.05) is 32.8 Å². The van der Waals surface area contributed by atoms with Crippen LogP contribution in [-0.4, -0.2) is 63.5 Å². The summed E-state index contributed by atoms with van der Waals surface area (Å²) >= 11 is 0. The average Bonchev–Trinajstić information content (AvgIpc) is 3.13. The maximum Gasteiger partial charge on any atom is 0.0644 e. The molecule has 5 nitrogen and oxygen atoms in total. The van der Waals surface area contributed by atoms with Gasteiger partial charge in [0.2, 0.25) is 0 Å². The Balaban J connectivity index is 1.56. The van der Waals surface area contributed by atoms with Crippen LogP contribution in [-0.2, 0) is 13.1 Å². The van der Waals surface area contributed by atoms with E-state index in [4.69, 9.17) is 5.11 Å². The topological polar surface area (TPSA) is 44.5 Å². The van der Waals surface area contributed by atoms with E-state index in [1.807, 2.05) is 4.68 Å². The van der Waals surface area contributed by atoms with Crippen LogP contribution in [0.3, 0.4) is 0 Å². The van der Waals surface area contributed by atoms with Crippen LogP contribution in [0.2, 0.25) is 0 Å². The van der Waals surface area contributed by atoms with Crippen LogP contribution in [0.1, 0.15) is 42.6 Å². The molecule has 1 N–H and O–H groups in total. The van der Waals surface area contributed by atoms with Crippen molar-refractivity contribution in [2.45, 2.75) is 58.7 Å². The zero-order valence-electron chi connectivity index (χ0n) is 14.1. The second kappa shape index (κ2) is 7.11. The molecular weight excluding hydrogens is 276 g/mol. The molecule has 1 aromatic rings. The van der Waals surface area contributed by atoms with E-state index in [-0.39, 0.29) is 6.61 Å². The van der Waals surface area contributed by atoms with Crippen molar-refractivity contribution in [2.24, 2.45) is 0 Å². The van der Waals surface area contributed by atoms with Crippen molar-refractivity contribution in [1.82, 2.24) is 19.6 Å². The van der Waals surface area contributed by atoms with Crippen LogP contribution in [0, 0.1) is 13.8 Å². The van der Waals surface area contributed by atoms with Gasteiger partial charge in [-0.05, 0) is 26.7 Å². The van der Waals surface area contributed by atoms with Gasteiger partial charge < -0.3 is 5.11 Å². The molecule has 3 rings (SSSR count). The van der Waals surface area contributed by atoms with E-state index >= 15 is 0 Å². The molecule has 0 amide bonds. The summed E-state index contributed by atoms with van der Waals surface area (Å²) in [5.74, 6) is 0. The first kappa shape index (κ1) is 16.0. The zero-order chi connectivity index (χ0) is 15.5. The van der Waals surface area contributed by atoms with Gasteiger partial charge in [0.25, 0.3) is 0 Å². The normalized spacial score (nSPS) is 21.8. The number of nitrogens with zero attached hydrogens (tertiary/aromatic N) is 4. The Hall–Kier alpha value is -0.910. The van der Waals surface area contributed by atoms with Crippen molar-refractivity contribution in [3.8, 4) is 0 Å². The number of hydrogen-bond donors (Lipinski definition) is 1. The van der Waals surface area contributed by atoms with Crippen LogP contribution in [0.4, 0.5) is 0 Å². The van der Waals surface area contributed by atoms with E-state index in [2.05, 4.69) is 28.7 Å². The highest BCUT2D eigenvalue weighted by atomic mass is 16.3. The molecule has 0 unspecified atom stereocenters. The Morgan fingerprint density at radius 3 is 2.41 bits per heavy atom.